The van der Waals surface area contributed by atoms with Crippen molar-refractivity contribution < 1.29 is 9.59 Å². The van der Waals surface area contributed by atoms with Gasteiger partial charge in [-0.25, -0.2) is 0 Å². The largest absolute Gasteiger partial charge is 0.337 e. The number of anilines is 1. The second kappa shape index (κ2) is 8.79. The first-order valence-corrected chi connectivity index (χ1v) is 10.6. The number of benzene rings is 1. The Bertz CT molecular complexity index is 1070. The molecule has 3 aromatic rings. The summed E-state index contributed by atoms with van der Waals surface area (Å²) < 4.78 is 1.00. The lowest BCUT2D eigenvalue weighted by molar-refractivity contribution is -0.121. The molecule has 0 unspecified atom stereocenters. The molecule has 2 N–H and O–H groups in total. The maximum absolute atomic E-state index is 13.0. The van der Waals surface area contributed by atoms with E-state index in [1.807, 2.05) is 37.3 Å². The summed E-state index contributed by atoms with van der Waals surface area (Å²) in [6.45, 7) is 3.00. The Hall–Kier alpha value is -3.00. The lowest BCUT2D eigenvalue weighted by atomic mass is 9.96. The number of nitrogens with one attached hydrogen (secondary N) is 2. The van der Waals surface area contributed by atoms with Gasteiger partial charge in [0.05, 0.1) is 11.6 Å². The Morgan fingerprint density at radius 2 is 2.00 bits per heavy atom. The van der Waals surface area contributed by atoms with Gasteiger partial charge in [0, 0.05) is 41.2 Å². The predicted octanol–water partition coefficient (Wildman–Crippen LogP) is 4.03. The molecule has 2 amide bonds. The highest BCUT2D eigenvalue weighted by molar-refractivity contribution is 9.10. The van der Waals surface area contributed by atoms with Gasteiger partial charge in [0.2, 0.25) is 5.91 Å². The van der Waals surface area contributed by atoms with Crippen molar-refractivity contribution in [3.63, 3.8) is 0 Å². The number of rotatable bonds is 4. The number of carbonyl (C=O) groups excluding carboxylic acids is 2. The summed E-state index contributed by atoms with van der Waals surface area (Å²) in [4.78, 5) is 31.5. The minimum absolute atomic E-state index is 0.0590. The first kappa shape index (κ1) is 20.3. The molecule has 0 saturated carbocycles. The molecule has 7 nitrogen and oxygen atoms in total. The normalized spacial score (nSPS) is 16.3. The van der Waals surface area contributed by atoms with E-state index in [4.69, 9.17) is 0 Å². The van der Waals surface area contributed by atoms with E-state index in [0.29, 0.717) is 24.5 Å². The molecule has 154 valence electrons. The van der Waals surface area contributed by atoms with Crippen LogP contribution >= 0.6 is 15.9 Å². The maximum Gasteiger partial charge on any atom is 0.271 e. The molecule has 0 radical (unpaired) electrons. The number of amides is 2. The minimum atomic E-state index is -0.241. The summed E-state index contributed by atoms with van der Waals surface area (Å²) in [6.07, 6.45) is 4.92. The van der Waals surface area contributed by atoms with E-state index >= 15 is 0 Å². The van der Waals surface area contributed by atoms with Gasteiger partial charge in [-0.3, -0.25) is 19.7 Å². The number of nitrogens with zero attached hydrogens (tertiary/aromatic N) is 3. The van der Waals surface area contributed by atoms with Crippen LogP contribution in [0.25, 0.3) is 11.3 Å². The quantitative estimate of drug-likeness (QED) is 0.605. The van der Waals surface area contributed by atoms with E-state index in [-0.39, 0.29) is 17.7 Å². The van der Waals surface area contributed by atoms with E-state index in [1.54, 1.807) is 23.4 Å². The number of aromatic amines is 1. The Kier molecular flexibility index (Phi) is 5.94. The van der Waals surface area contributed by atoms with Crippen LogP contribution in [-0.4, -0.2) is 45.0 Å². The van der Waals surface area contributed by atoms with Crippen molar-refractivity contribution >= 4 is 33.4 Å². The molecule has 1 aliphatic rings. The number of likely N-dealkylation sites (tertiary alicyclic amines) is 1. The second-order valence-electron chi connectivity index (χ2n) is 7.45. The van der Waals surface area contributed by atoms with E-state index in [0.717, 1.165) is 34.1 Å². The average Bonchev–Trinajstić information content (AvgIpc) is 3.27. The van der Waals surface area contributed by atoms with Crippen molar-refractivity contribution in [3.05, 3.63) is 64.5 Å². The third-order valence-corrected chi connectivity index (χ3v) is 6.18. The number of piperidine rings is 1. The highest BCUT2D eigenvalue weighted by Crippen LogP contribution is 2.24. The van der Waals surface area contributed by atoms with Crippen molar-refractivity contribution in [3.8, 4) is 11.3 Å². The molecule has 1 saturated heterocycles. The van der Waals surface area contributed by atoms with Crippen LogP contribution in [0.5, 0.6) is 0 Å². The minimum Gasteiger partial charge on any atom is -0.337 e. The van der Waals surface area contributed by atoms with Crippen molar-refractivity contribution in [1.82, 2.24) is 20.1 Å². The molecule has 1 atom stereocenters. The first-order valence-electron chi connectivity index (χ1n) is 9.83. The standard InChI is InChI=1S/C22H22BrN5O2/c1-14-11-17(4-5-18(14)23)25-21(29)16-3-2-10-28(13-16)22(30)20-12-19(26-27-20)15-6-8-24-9-7-15/h4-9,11-12,16H,2-3,10,13H2,1H3,(H,25,29)(H,26,27)/t16-/m1/s1. The van der Waals surface area contributed by atoms with Gasteiger partial charge in [-0.15, -0.1) is 0 Å². The van der Waals surface area contributed by atoms with E-state index < -0.39 is 0 Å². The average molecular weight is 468 g/mol. The lowest BCUT2D eigenvalue weighted by Gasteiger charge is -2.31. The fraction of sp³-hybridized carbons (Fsp3) is 0.273. The monoisotopic (exact) mass is 467 g/mol. The van der Waals surface area contributed by atoms with Crippen LogP contribution < -0.4 is 5.32 Å². The van der Waals surface area contributed by atoms with Crippen molar-refractivity contribution in [2.45, 2.75) is 19.8 Å². The van der Waals surface area contributed by atoms with Gasteiger partial charge in [0.1, 0.15) is 5.69 Å². The van der Waals surface area contributed by atoms with Gasteiger partial charge in [0.25, 0.3) is 5.91 Å². The number of H-pyrrole nitrogens is 1. The second-order valence-corrected chi connectivity index (χ2v) is 8.30. The maximum atomic E-state index is 13.0. The number of aromatic nitrogens is 3. The SMILES string of the molecule is Cc1cc(NC(=O)[C@@H]2CCCN(C(=O)c3cc(-c4ccncc4)n[nH]3)C2)ccc1Br. The highest BCUT2D eigenvalue weighted by Gasteiger charge is 2.29. The molecule has 0 spiro atoms. The number of hydrogen-bond donors (Lipinski definition) is 2. The summed E-state index contributed by atoms with van der Waals surface area (Å²) in [6, 6.07) is 11.1. The van der Waals surface area contributed by atoms with Crippen LogP contribution in [0.4, 0.5) is 5.69 Å². The van der Waals surface area contributed by atoms with Crippen LogP contribution in [0, 0.1) is 12.8 Å². The van der Waals surface area contributed by atoms with Crippen molar-refractivity contribution in [2.75, 3.05) is 18.4 Å². The molecule has 1 aromatic carbocycles. The van der Waals surface area contributed by atoms with E-state index in [2.05, 4.69) is 36.4 Å². The topological polar surface area (TPSA) is 91.0 Å². The molecular weight excluding hydrogens is 446 g/mol. The van der Waals surface area contributed by atoms with Crippen LogP contribution in [0.15, 0.2) is 53.3 Å². The summed E-state index contributed by atoms with van der Waals surface area (Å²) in [7, 11) is 0. The zero-order valence-electron chi connectivity index (χ0n) is 16.6. The van der Waals surface area contributed by atoms with Crippen LogP contribution in [0.2, 0.25) is 0 Å². The number of halogens is 1. The van der Waals surface area contributed by atoms with Gasteiger partial charge in [0.15, 0.2) is 0 Å². The molecule has 1 fully saturated rings. The molecule has 1 aliphatic heterocycles. The zero-order valence-corrected chi connectivity index (χ0v) is 18.1. The van der Waals surface area contributed by atoms with Crippen molar-refractivity contribution in [2.24, 2.45) is 5.92 Å². The lowest BCUT2D eigenvalue weighted by Crippen LogP contribution is -2.43. The molecular formula is C22H22BrN5O2. The van der Waals surface area contributed by atoms with Crippen LogP contribution in [0.1, 0.15) is 28.9 Å². The van der Waals surface area contributed by atoms with E-state index in [1.165, 1.54) is 0 Å². The fourth-order valence-electron chi connectivity index (χ4n) is 3.61. The Morgan fingerprint density at radius 3 is 2.77 bits per heavy atom. The molecule has 30 heavy (non-hydrogen) atoms. The summed E-state index contributed by atoms with van der Waals surface area (Å²) in [5.41, 5.74) is 3.82. The third kappa shape index (κ3) is 4.43. The summed E-state index contributed by atoms with van der Waals surface area (Å²) in [5, 5.41) is 10.1. The molecule has 0 bridgehead atoms. The van der Waals surface area contributed by atoms with Gasteiger partial charge >= 0.3 is 0 Å². The van der Waals surface area contributed by atoms with Gasteiger partial charge in [-0.05, 0) is 61.7 Å². The van der Waals surface area contributed by atoms with Crippen molar-refractivity contribution in [1.29, 1.82) is 0 Å². The van der Waals surface area contributed by atoms with Gasteiger partial charge in [-0.2, -0.15) is 5.10 Å². The summed E-state index contributed by atoms with van der Waals surface area (Å²) in [5.74, 6) is -0.439. The number of hydrogen-bond acceptors (Lipinski definition) is 4. The van der Waals surface area contributed by atoms with Gasteiger partial charge in [-0.1, -0.05) is 15.9 Å². The van der Waals surface area contributed by atoms with Crippen LogP contribution in [-0.2, 0) is 4.79 Å². The number of carbonyl (C=O) groups is 2. The first-order chi connectivity index (χ1) is 14.5. The number of aryl methyl sites for hydroxylation is 1. The Labute approximate surface area is 183 Å². The van der Waals surface area contributed by atoms with Crippen LogP contribution in [0.3, 0.4) is 0 Å². The molecule has 4 rings (SSSR count). The molecule has 3 heterocycles. The van der Waals surface area contributed by atoms with E-state index in [9.17, 15) is 9.59 Å². The smallest absolute Gasteiger partial charge is 0.271 e. The third-order valence-electron chi connectivity index (χ3n) is 5.29. The Balaban J connectivity index is 1.42. The molecule has 2 aromatic heterocycles. The fourth-order valence-corrected chi connectivity index (χ4v) is 3.86. The summed E-state index contributed by atoms with van der Waals surface area (Å²) >= 11 is 3.47. The predicted molar refractivity (Wildman–Crippen MR) is 118 cm³/mol. The highest BCUT2D eigenvalue weighted by atomic mass is 79.9. The number of pyridine rings is 1. The van der Waals surface area contributed by atoms with Gasteiger partial charge < -0.3 is 10.2 Å². The zero-order chi connectivity index (χ0) is 21.1. The molecule has 8 heteroatoms. The molecule has 0 aliphatic carbocycles. The Morgan fingerprint density at radius 1 is 1.20 bits per heavy atom.